The predicted octanol–water partition coefficient (Wildman–Crippen LogP) is 5.18. The molecule has 6 nitrogen and oxygen atoms in total. The van der Waals surface area contributed by atoms with Gasteiger partial charge in [0.25, 0.3) is 0 Å². The van der Waals surface area contributed by atoms with Crippen LogP contribution in [0, 0.1) is 0 Å². The Kier molecular flexibility index (Phi) is 12.6. The minimum absolute atomic E-state index is 0.124. The van der Waals surface area contributed by atoms with Gasteiger partial charge in [-0.05, 0) is 0 Å². The first-order valence-corrected chi connectivity index (χ1v) is 26.9. The van der Waals surface area contributed by atoms with Crippen molar-refractivity contribution in [1.82, 2.24) is 0 Å². The van der Waals surface area contributed by atoms with Crippen molar-refractivity contribution in [3.63, 3.8) is 0 Å². The zero-order valence-electron chi connectivity index (χ0n) is 25.9. The molecule has 0 aromatic heterocycles. The number of hydrogen-bond donors (Lipinski definition) is 0. The zero-order chi connectivity index (χ0) is 30.3. The van der Waals surface area contributed by atoms with E-state index in [0.717, 1.165) is 77.0 Å². The summed E-state index contributed by atoms with van der Waals surface area (Å²) in [6, 6.07) is 7.06. The SMILES string of the molecule is C1=CC([O][Sb]([O]C2C=CCC2)[c]2c[c]([Sb]([O]C3C=CCC3)[O]C3C=CCC3)c[c]([Sb]([O]C3C=CCC3)[O]C3C=CCC3)c2)CC1. The van der Waals surface area contributed by atoms with Crippen LogP contribution in [0.1, 0.15) is 77.0 Å². The Labute approximate surface area is 293 Å². The quantitative estimate of drug-likeness (QED) is 0.179. The van der Waals surface area contributed by atoms with Crippen molar-refractivity contribution in [1.29, 1.82) is 0 Å². The molecule has 6 aliphatic carbocycles. The van der Waals surface area contributed by atoms with Gasteiger partial charge in [0.2, 0.25) is 0 Å². The average molecular weight is 939 g/mol. The normalized spacial score (nSPS) is 30.2. The predicted molar refractivity (Wildman–Crippen MR) is 182 cm³/mol. The molecule has 0 N–H and O–H groups in total. The topological polar surface area (TPSA) is 55.4 Å². The van der Waals surface area contributed by atoms with Gasteiger partial charge in [-0.1, -0.05) is 0 Å². The van der Waals surface area contributed by atoms with E-state index in [1.54, 1.807) is 0 Å². The summed E-state index contributed by atoms with van der Waals surface area (Å²) in [5, 5.41) is 0. The van der Waals surface area contributed by atoms with Crippen LogP contribution in [0.3, 0.4) is 0 Å². The molecule has 0 aliphatic heterocycles. The second kappa shape index (κ2) is 17.0. The summed E-state index contributed by atoms with van der Waals surface area (Å²) in [5.74, 6) is 0. The van der Waals surface area contributed by atoms with Gasteiger partial charge in [0, 0.05) is 0 Å². The van der Waals surface area contributed by atoms with Gasteiger partial charge >= 0.3 is 297 Å². The Balaban J connectivity index is 1.27. The Hall–Kier alpha value is -0.125. The van der Waals surface area contributed by atoms with Crippen LogP contribution in [-0.4, -0.2) is 99.8 Å². The molecule has 1 aromatic carbocycles. The molecule has 7 rings (SSSR count). The maximum atomic E-state index is 6.94. The van der Waals surface area contributed by atoms with Gasteiger partial charge in [-0.3, -0.25) is 0 Å². The second-order valence-corrected chi connectivity index (χ2v) is 24.8. The third kappa shape index (κ3) is 9.52. The Morgan fingerprint density at radius 3 is 0.689 bits per heavy atom. The van der Waals surface area contributed by atoms with Crippen molar-refractivity contribution in [3.05, 3.63) is 91.1 Å². The molecule has 9 heteroatoms. The molecular weight excluding hydrogens is 894 g/mol. The first-order chi connectivity index (χ1) is 22.2. The van der Waals surface area contributed by atoms with Crippen LogP contribution in [0.2, 0.25) is 0 Å². The molecule has 0 saturated heterocycles. The van der Waals surface area contributed by atoms with Crippen molar-refractivity contribution in [2.75, 3.05) is 0 Å². The minimum atomic E-state index is -2.89. The van der Waals surface area contributed by atoms with Crippen molar-refractivity contribution in [2.45, 2.75) is 114 Å². The van der Waals surface area contributed by atoms with Gasteiger partial charge in [0.05, 0.1) is 0 Å². The summed E-state index contributed by atoms with van der Waals surface area (Å²) in [4.78, 5) is 0. The Morgan fingerprint density at radius 1 is 0.333 bits per heavy atom. The molecule has 6 atom stereocenters. The fraction of sp³-hybridized carbons (Fsp3) is 0.500. The summed E-state index contributed by atoms with van der Waals surface area (Å²) in [7, 11) is 0. The molecular formula is C36H45O6Sb3. The van der Waals surface area contributed by atoms with Gasteiger partial charge in [0.15, 0.2) is 0 Å². The molecule has 0 spiro atoms. The summed E-state index contributed by atoms with van der Waals surface area (Å²) in [6.07, 6.45) is 40.2. The molecule has 0 bridgehead atoms. The summed E-state index contributed by atoms with van der Waals surface area (Å²) in [6.45, 7) is 0. The van der Waals surface area contributed by atoms with Crippen LogP contribution in [-0.2, 0) is 18.1 Å². The van der Waals surface area contributed by atoms with Crippen molar-refractivity contribution in [2.24, 2.45) is 0 Å². The third-order valence-corrected chi connectivity index (χ3v) is 22.5. The number of benzene rings is 1. The van der Waals surface area contributed by atoms with E-state index in [0.29, 0.717) is 0 Å². The monoisotopic (exact) mass is 936 g/mol. The zero-order valence-corrected chi connectivity index (χ0v) is 33.6. The van der Waals surface area contributed by atoms with E-state index in [-0.39, 0.29) is 36.6 Å². The fourth-order valence-electron chi connectivity index (χ4n) is 6.23. The van der Waals surface area contributed by atoms with Crippen molar-refractivity contribution >= 4 is 73.7 Å². The van der Waals surface area contributed by atoms with Crippen molar-refractivity contribution in [3.8, 4) is 0 Å². The molecule has 6 unspecified atom stereocenters. The first kappa shape index (κ1) is 33.4. The molecule has 1 aromatic rings. The first-order valence-electron chi connectivity index (χ1n) is 16.8. The number of allylic oxidation sites excluding steroid dienone is 6. The third-order valence-electron chi connectivity index (χ3n) is 8.72. The molecule has 0 amide bonds. The Bertz CT molecular complexity index is 1080. The average Bonchev–Trinajstić information content (AvgIpc) is 3.90. The summed E-state index contributed by atoms with van der Waals surface area (Å²) in [5.41, 5.74) is 0. The molecule has 0 fully saturated rings. The van der Waals surface area contributed by atoms with E-state index in [4.69, 9.17) is 18.1 Å². The molecule has 6 aliphatic rings. The molecule has 0 heterocycles. The van der Waals surface area contributed by atoms with Crippen LogP contribution >= 0.6 is 0 Å². The van der Waals surface area contributed by atoms with Gasteiger partial charge in [-0.25, -0.2) is 0 Å². The van der Waals surface area contributed by atoms with Crippen molar-refractivity contribution < 1.29 is 18.1 Å². The Morgan fingerprint density at radius 2 is 0.533 bits per heavy atom. The van der Waals surface area contributed by atoms with Gasteiger partial charge in [0.1, 0.15) is 0 Å². The number of hydrogen-bond acceptors (Lipinski definition) is 6. The van der Waals surface area contributed by atoms with Crippen LogP contribution in [0.5, 0.6) is 0 Å². The van der Waals surface area contributed by atoms with E-state index < -0.39 is 63.2 Å². The van der Waals surface area contributed by atoms with Gasteiger partial charge in [-0.15, -0.1) is 0 Å². The van der Waals surface area contributed by atoms with Crippen LogP contribution in [0.25, 0.3) is 0 Å². The fourth-order valence-corrected chi connectivity index (χ4v) is 22.9. The van der Waals surface area contributed by atoms with E-state index >= 15 is 0 Å². The van der Waals surface area contributed by atoms with E-state index in [9.17, 15) is 0 Å². The van der Waals surface area contributed by atoms with Crippen LogP contribution in [0.4, 0.5) is 0 Å². The van der Waals surface area contributed by atoms with Gasteiger partial charge in [-0.2, -0.15) is 0 Å². The molecule has 0 radical (unpaired) electrons. The molecule has 0 saturated carbocycles. The number of rotatable bonds is 15. The summed E-state index contributed by atoms with van der Waals surface area (Å²) >= 11 is -8.67. The standard InChI is InChI=1S/C6H3.6C5H7O.3Sb/c1-2-4-6-5-3-1;6*6-5-3-1-2-4-5;;;/h1,4-5H;6*1,3,5H,2,4H2;;;/q;6*-1;3*+2. The summed E-state index contributed by atoms with van der Waals surface area (Å²) < 4.78 is 45.2. The van der Waals surface area contributed by atoms with Crippen LogP contribution < -0.4 is 10.5 Å². The van der Waals surface area contributed by atoms with E-state index in [1.165, 1.54) is 10.5 Å². The van der Waals surface area contributed by atoms with Gasteiger partial charge < -0.3 is 0 Å². The van der Waals surface area contributed by atoms with E-state index in [1.807, 2.05) is 0 Å². The molecule has 45 heavy (non-hydrogen) atoms. The van der Waals surface area contributed by atoms with E-state index in [2.05, 4.69) is 91.1 Å². The molecule has 240 valence electrons. The maximum absolute atomic E-state index is 6.94. The van der Waals surface area contributed by atoms with Crippen LogP contribution in [0.15, 0.2) is 91.1 Å². The second-order valence-electron chi connectivity index (χ2n) is 12.4.